The maximum absolute atomic E-state index is 12.8. The molecule has 144 valence electrons. The van der Waals surface area contributed by atoms with Gasteiger partial charge in [-0.05, 0) is 39.2 Å². The third kappa shape index (κ3) is 4.02. The quantitative estimate of drug-likeness (QED) is 0.827. The van der Waals surface area contributed by atoms with Crippen molar-refractivity contribution in [3.63, 3.8) is 0 Å². The number of nitrogens with zero attached hydrogens (tertiary/aromatic N) is 4. The van der Waals surface area contributed by atoms with Gasteiger partial charge in [0, 0.05) is 30.8 Å². The number of hydrogen-bond donors (Lipinski definition) is 1. The zero-order valence-electron chi connectivity index (χ0n) is 16.3. The van der Waals surface area contributed by atoms with Crippen molar-refractivity contribution in [1.82, 2.24) is 20.1 Å². The molecule has 2 amide bonds. The fraction of sp³-hybridized carbons (Fsp3) is 0.333. The van der Waals surface area contributed by atoms with E-state index in [2.05, 4.69) is 16.4 Å². The van der Waals surface area contributed by atoms with Crippen molar-refractivity contribution < 1.29 is 9.59 Å². The Bertz CT molecular complexity index is 931. The van der Waals surface area contributed by atoms with Crippen LogP contribution in [0.5, 0.6) is 0 Å². The van der Waals surface area contributed by atoms with Crippen LogP contribution in [0.15, 0.2) is 36.4 Å². The van der Waals surface area contributed by atoms with Crippen LogP contribution < -0.4 is 5.32 Å². The number of benzene rings is 1. The Hall–Kier alpha value is -3.24. The highest BCUT2D eigenvalue weighted by Crippen LogP contribution is 2.27. The maximum Gasteiger partial charge on any atom is 0.273 e. The van der Waals surface area contributed by atoms with Gasteiger partial charge in [0.25, 0.3) is 5.91 Å². The molecule has 0 aliphatic carbocycles. The smallest absolute Gasteiger partial charge is 0.273 e. The molecule has 0 spiro atoms. The summed E-state index contributed by atoms with van der Waals surface area (Å²) in [6, 6.07) is 12.3. The molecule has 28 heavy (non-hydrogen) atoms. The van der Waals surface area contributed by atoms with Crippen molar-refractivity contribution in [3.05, 3.63) is 53.2 Å². The van der Waals surface area contributed by atoms with Crippen LogP contribution in [0, 0.1) is 11.3 Å². The molecule has 3 rings (SSSR count). The number of aromatic nitrogens is 1. The number of rotatable bonds is 6. The molecule has 0 radical (unpaired) electrons. The Morgan fingerprint density at radius 2 is 2.00 bits per heavy atom. The molecular formula is C21H23N5O2. The minimum absolute atomic E-state index is 0.171. The van der Waals surface area contributed by atoms with Crippen LogP contribution in [-0.2, 0) is 11.3 Å². The Kier molecular flexibility index (Phi) is 5.71. The van der Waals surface area contributed by atoms with E-state index in [1.54, 1.807) is 24.0 Å². The minimum Gasteiger partial charge on any atom is -0.353 e. The molecule has 2 aromatic rings. The number of hydrogen-bond acceptors (Lipinski definition) is 5. The summed E-state index contributed by atoms with van der Waals surface area (Å²) in [6.45, 7) is 3.38. The van der Waals surface area contributed by atoms with Gasteiger partial charge in [0.15, 0.2) is 0 Å². The van der Waals surface area contributed by atoms with Gasteiger partial charge in [-0.1, -0.05) is 18.2 Å². The van der Waals surface area contributed by atoms with Crippen molar-refractivity contribution in [3.8, 4) is 17.3 Å². The van der Waals surface area contributed by atoms with E-state index in [9.17, 15) is 9.59 Å². The second-order valence-electron chi connectivity index (χ2n) is 7.10. The van der Waals surface area contributed by atoms with Gasteiger partial charge < -0.3 is 15.1 Å². The highest BCUT2D eigenvalue weighted by atomic mass is 16.2. The van der Waals surface area contributed by atoms with Crippen LogP contribution in [0.25, 0.3) is 11.3 Å². The van der Waals surface area contributed by atoms with E-state index in [1.807, 2.05) is 43.3 Å². The Morgan fingerprint density at radius 3 is 2.64 bits per heavy atom. The number of amides is 2. The number of pyridine rings is 1. The van der Waals surface area contributed by atoms with Gasteiger partial charge in [-0.15, -0.1) is 0 Å². The number of carbonyl (C=O) groups excluding carboxylic acids is 2. The Balaban J connectivity index is 1.74. The van der Waals surface area contributed by atoms with Gasteiger partial charge in [-0.3, -0.25) is 9.59 Å². The molecule has 7 heteroatoms. The lowest BCUT2D eigenvalue weighted by Crippen LogP contribution is -2.46. The fourth-order valence-corrected chi connectivity index (χ4v) is 3.07. The summed E-state index contributed by atoms with van der Waals surface area (Å²) in [6.07, 6.45) is 0. The molecule has 1 aliphatic rings. The number of carbonyl (C=O) groups is 2. The van der Waals surface area contributed by atoms with Crippen molar-refractivity contribution in [1.29, 1.82) is 5.26 Å². The molecule has 0 unspecified atom stereocenters. The predicted octanol–water partition coefficient (Wildman–Crippen LogP) is 1.64. The number of nitriles is 1. The lowest BCUT2D eigenvalue weighted by molar-refractivity contribution is -0.125. The third-order valence-electron chi connectivity index (χ3n) is 4.80. The molecule has 2 heterocycles. The number of likely N-dealkylation sites (N-methyl/N-ethyl adjacent to an activating group) is 1. The van der Waals surface area contributed by atoms with E-state index in [0.29, 0.717) is 30.0 Å². The first-order valence-corrected chi connectivity index (χ1v) is 9.14. The van der Waals surface area contributed by atoms with E-state index < -0.39 is 6.04 Å². The van der Waals surface area contributed by atoms with Crippen LogP contribution in [-0.4, -0.2) is 59.8 Å². The fourth-order valence-electron chi connectivity index (χ4n) is 3.07. The molecule has 1 aliphatic heterocycles. The average Bonchev–Trinajstić information content (AvgIpc) is 3.03. The van der Waals surface area contributed by atoms with Crippen LogP contribution in [0.4, 0.5) is 0 Å². The lowest BCUT2D eigenvalue weighted by atomic mass is 10.1. The molecule has 1 aromatic carbocycles. The highest BCUT2D eigenvalue weighted by molar-refractivity contribution is 5.99. The zero-order valence-corrected chi connectivity index (χ0v) is 16.3. The molecule has 7 nitrogen and oxygen atoms in total. The second-order valence-corrected chi connectivity index (χ2v) is 7.10. The van der Waals surface area contributed by atoms with Crippen molar-refractivity contribution in [2.75, 3.05) is 27.2 Å². The summed E-state index contributed by atoms with van der Waals surface area (Å²) in [5.74, 6) is -0.406. The summed E-state index contributed by atoms with van der Waals surface area (Å²) in [5.41, 5.74) is 3.27. The van der Waals surface area contributed by atoms with E-state index in [-0.39, 0.29) is 11.8 Å². The Morgan fingerprint density at radius 1 is 1.29 bits per heavy atom. The molecule has 1 aromatic heterocycles. The largest absolute Gasteiger partial charge is 0.353 e. The van der Waals surface area contributed by atoms with E-state index in [1.165, 1.54) is 0 Å². The van der Waals surface area contributed by atoms with Gasteiger partial charge in [0.1, 0.15) is 11.7 Å². The van der Waals surface area contributed by atoms with Crippen LogP contribution in [0.2, 0.25) is 0 Å². The van der Waals surface area contributed by atoms with Gasteiger partial charge >= 0.3 is 0 Å². The molecular weight excluding hydrogens is 354 g/mol. The van der Waals surface area contributed by atoms with E-state index >= 15 is 0 Å². The van der Waals surface area contributed by atoms with Gasteiger partial charge in [-0.25, -0.2) is 4.98 Å². The molecule has 0 bridgehead atoms. The molecule has 0 fully saturated rings. The Labute approximate surface area is 164 Å². The second kappa shape index (κ2) is 8.19. The normalized spacial score (nSPS) is 14.0. The summed E-state index contributed by atoms with van der Waals surface area (Å²) in [4.78, 5) is 33.3. The average molecular weight is 377 g/mol. The SMILES string of the molecule is C[C@H](C(=O)NCCN(C)C)N1Cc2ccc(-c3ccc(C#N)cc3)nc2C1=O. The van der Waals surface area contributed by atoms with Gasteiger partial charge in [-0.2, -0.15) is 5.26 Å². The topological polar surface area (TPSA) is 89.3 Å². The summed E-state index contributed by atoms with van der Waals surface area (Å²) in [5, 5.41) is 11.8. The summed E-state index contributed by atoms with van der Waals surface area (Å²) < 4.78 is 0. The summed E-state index contributed by atoms with van der Waals surface area (Å²) >= 11 is 0. The standard InChI is InChI=1S/C21H23N5O2/c1-14(20(27)23-10-11-25(2)3)26-13-17-8-9-18(24-19(17)21(26)28)16-6-4-15(12-22)5-7-16/h4-9,14H,10-11,13H2,1-3H3,(H,23,27)/t14-/m1/s1. The van der Waals surface area contributed by atoms with Crippen LogP contribution in [0.3, 0.4) is 0 Å². The first-order valence-electron chi connectivity index (χ1n) is 9.14. The minimum atomic E-state index is -0.567. The van der Waals surface area contributed by atoms with E-state index in [0.717, 1.165) is 17.7 Å². The lowest BCUT2D eigenvalue weighted by Gasteiger charge is -2.23. The third-order valence-corrected chi connectivity index (χ3v) is 4.80. The van der Waals surface area contributed by atoms with Crippen molar-refractivity contribution in [2.24, 2.45) is 0 Å². The first-order chi connectivity index (χ1) is 13.4. The van der Waals surface area contributed by atoms with Crippen LogP contribution >= 0.6 is 0 Å². The highest BCUT2D eigenvalue weighted by Gasteiger charge is 2.35. The molecule has 0 saturated carbocycles. The molecule has 1 atom stereocenters. The molecule has 0 saturated heterocycles. The monoisotopic (exact) mass is 377 g/mol. The first kappa shape index (κ1) is 19.5. The number of nitrogens with one attached hydrogen (secondary N) is 1. The van der Waals surface area contributed by atoms with Crippen molar-refractivity contribution >= 4 is 11.8 Å². The zero-order chi connectivity index (χ0) is 20.3. The molecule has 1 N–H and O–H groups in total. The van der Waals surface area contributed by atoms with Gasteiger partial charge in [0.2, 0.25) is 5.91 Å². The van der Waals surface area contributed by atoms with Crippen LogP contribution in [0.1, 0.15) is 28.5 Å². The summed E-state index contributed by atoms with van der Waals surface area (Å²) in [7, 11) is 3.88. The van der Waals surface area contributed by atoms with E-state index in [4.69, 9.17) is 5.26 Å². The predicted molar refractivity (Wildman–Crippen MR) is 105 cm³/mol. The van der Waals surface area contributed by atoms with Gasteiger partial charge in [0.05, 0.1) is 17.3 Å². The van der Waals surface area contributed by atoms with Crippen molar-refractivity contribution in [2.45, 2.75) is 19.5 Å². The maximum atomic E-state index is 12.8. The number of fused-ring (bicyclic) bond motifs is 1.